The van der Waals surface area contributed by atoms with E-state index >= 15 is 0 Å². The predicted molar refractivity (Wildman–Crippen MR) is 106 cm³/mol. The Labute approximate surface area is 160 Å². The maximum Gasteiger partial charge on any atom is 0.310 e. The molecule has 0 aromatic heterocycles. The van der Waals surface area contributed by atoms with Crippen molar-refractivity contribution >= 4 is 11.9 Å². The van der Waals surface area contributed by atoms with Crippen molar-refractivity contribution in [3.63, 3.8) is 0 Å². The lowest BCUT2D eigenvalue weighted by Crippen LogP contribution is -2.39. The number of rotatable bonds is 12. The molecule has 1 aliphatic carbocycles. The second-order valence-corrected chi connectivity index (χ2v) is 7.69. The molecule has 0 radical (unpaired) electrons. The van der Waals surface area contributed by atoms with E-state index in [0.717, 1.165) is 39.0 Å². The summed E-state index contributed by atoms with van der Waals surface area (Å²) < 4.78 is 4.84. The van der Waals surface area contributed by atoms with E-state index in [1.807, 2.05) is 11.8 Å². The fourth-order valence-electron chi connectivity index (χ4n) is 3.91. The van der Waals surface area contributed by atoms with E-state index in [9.17, 15) is 9.59 Å². The second kappa shape index (κ2) is 13.1. The molecule has 1 amide bonds. The van der Waals surface area contributed by atoms with E-state index < -0.39 is 0 Å². The van der Waals surface area contributed by atoms with Crippen LogP contribution >= 0.6 is 0 Å². The molecular formula is C21H40N2O3. The first-order chi connectivity index (χ1) is 12.5. The van der Waals surface area contributed by atoms with Gasteiger partial charge < -0.3 is 14.5 Å². The topological polar surface area (TPSA) is 49.9 Å². The number of hydrogen-bond donors (Lipinski definition) is 0. The van der Waals surface area contributed by atoms with Gasteiger partial charge in [-0.05, 0) is 38.4 Å². The Kier molecular flexibility index (Phi) is 11.6. The monoisotopic (exact) mass is 368 g/mol. The summed E-state index contributed by atoms with van der Waals surface area (Å²) in [7, 11) is 1.41. The van der Waals surface area contributed by atoms with Gasteiger partial charge in [0.2, 0.25) is 5.91 Å². The smallest absolute Gasteiger partial charge is 0.310 e. The van der Waals surface area contributed by atoms with Gasteiger partial charge in [0.1, 0.15) is 0 Å². The molecule has 1 rings (SSSR count). The van der Waals surface area contributed by atoms with Crippen molar-refractivity contribution in [2.45, 2.75) is 72.1 Å². The number of esters is 1. The molecule has 5 nitrogen and oxygen atoms in total. The lowest BCUT2D eigenvalue weighted by molar-refractivity contribution is -0.146. The van der Waals surface area contributed by atoms with Crippen LogP contribution in [0.1, 0.15) is 72.1 Å². The molecule has 0 spiro atoms. The van der Waals surface area contributed by atoms with Crippen molar-refractivity contribution in [2.75, 3.05) is 39.8 Å². The van der Waals surface area contributed by atoms with Crippen LogP contribution in [0.25, 0.3) is 0 Å². The van der Waals surface area contributed by atoms with Crippen LogP contribution in [0.2, 0.25) is 0 Å². The fourth-order valence-corrected chi connectivity index (χ4v) is 3.91. The first-order valence-electron chi connectivity index (χ1n) is 10.6. The first kappa shape index (κ1) is 22.9. The lowest BCUT2D eigenvalue weighted by atomic mass is 9.86. The SMILES string of the molecule is CCN(CC)CCCN(CC(C)C(=O)OC)C(=O)CCC1CCCCC1. The van der Waals surface area contributed by atoms with Gasteiger partial charge in [0.25, 0.3) is 0 Å². The summed E-state index contributed by atoms with van der Waals surface area (Å²) in [5.74, 6) is 0.403. The molecule has 1 fully saturated rings. The zero-order valence-electron chi connectivity index (χ0n) is 17.5. The highest BCUT2D eigenvalue weighted by atomic mass is 16.5. The van der Waals surface area contributed by atoms with Crippen LogP contribution in [0.3, 0.4) is 0 Å². The minimum atomic E-state index is -0.271. The molecule has 0 aromatic carbocycles. The number of carbonyl (C=O) groups is 2. The van der Waals surface area contributed by atoms with E-state index in [1.54, 1.807) is 0 Å². The Morgan fingerprint density at radius 3 is 2.31 bits per heavy atom. The lowest BCUT2D eigenvalue weighted by Gasteiger charge is -2.28. The minimum Gasteiger partial charge on any atom is -0.469 e. The molecular weight excluding hydrogens is 328 g/mol. The molecule has 1 aliphatic rings. The first-order valence-corrected chi connectivity index (χ1v) is 10.6. The molecule has 26 heavy (non-hydrogen) atoms. The van der Waals surface area contributed by atoms with Crippen LogP contribution in [-0.2, 0) is 14.3 Å². The number of ether oxygens (including phenoxy) is 1. The molecule has 5 heteroatoms. The van der Waals surface area contributed by atoms with Crippen LogP contribution in [0.15, 0.2) is 0 Å². The summed E-state index contributed by atoms with van der Waals surface area (Å²) in [5, 5.41) is 0. The van der Waals surface area contributed by atoms with Crippen molar-refractivity contribution in [2.24, 2.45) is 11.8 Å². The van der Waals surface area contributed by atoms with E-state index in [1.165, 1.54) is 39.2 Å². The maximum absolute atomic E-state index is 12.8. The normalized spacial score (nSPS) is 16.5. The van der Waals surface area contributed by atoms with Crippen molar-refractivity contribution < 1.29 is 14.3 Å². The molecule has 0 N–H and O–H groups in total. The molecule has 1 saturated carbocycles. The summed E-state index contributed by atoms with van der Waals surface area (Å²) >= 11 is 0. The third-order valence-corrected chi connectivity index (χ3v) is 5.74. The average Bonchev–Trinajstić information content (AvgIpc) is 2.68. The fraction of sp³-hybridized carbons (Fsp3) is 0.905. The minimum absolute atomic E-state index is 0.200. The van der Waals surface area contributed by atoms with Crippen molar-refractivity contribution in [3.8, 4) is 0 Å². The standard InChI is InChI=1S/C21H40N2O3/c1-5-22(6-2)15-10-16-23(17-18(3)21(25)26-4)20(24)14-13-19-11-8-7-9-12-19/h18-19H,5-17H2,1-4H3. The Bertz CT molecular complexity index is 404. The van der Waals surface area contributed by atoms with Gasteiger partial charge in [-0.2, -0.15) is 0 Å². The van der Waals surface area contributed by atoms with Gasteiger partial charge in [-0.3, -0.25) is 9.59 Å². The summed E-state index contributed by atoms with van der Waals surface area (Å²) in [6, 6.07) is 0. The summed E-state index contributed by atoms with van der Waals surface area (Å²) in [6.07, 6.45) is 9.07. The van der Waals surface area contributed by atoms with Gasteiger partial charge in [-0.25, -0.2) is 0 Å². The van der Waals surface area contributed by atoms with E-state index in [0.29, 0.717) is 18.9 Å². The number of nitrogens with zero attached hydrogens (tertiary/aromatic N) is 2. The van der Waals surface area contributed by atoms with Crippen LogP contribution < -0.4 is 0 Å². The van der Waals surface area contributed by atoms with Gasteiger partial charge in [0.05, 0.1) is 13.0 Å². The van der Waals surface area contributed by atoms with E-state index in [2.05, 4.69) is 18.7 Å². The number of hydrogen-bond acceptors (Lipinski definition) is 4. The molecule has 0 saturated heterocycles. The molecule has 1 unspecified atom stereocenters. The number of methoxy groups -OCH3 is 1. The van der Waals surface area contributed by atoms with Gasteiger partial charge in [0, 0.05) is 19.5 Å². The number of amides is 1. The van der Waals surface area contributed by atoms with Crippen molar-refractivity contribution in [1.29, 1.82) is 0 Å². The highest BCUT2D eigenvalue weighted by molar-refractivity contribution is 5.78. The van der Waals surface area contributed by atoms with Crippen LogP contribution in [0, 0.1) is 11.8 Å². The zero-order valence-corrected chi connectivity index (χ0v) is 17.5. The molecule has 0 aliphatic heterocycles. The van der Waals surface area contributed by atoms with Gasteiger partial charge in [-0.15, -0.1) is 0 Å². The molecule has 152 valence electrons. The predicted octanol–water partition coefficient (Wildman–Crippen LogP) is 3.72. The summed E-state index contributed by atoms with van der Waals surface area (Å²) in [5.41, 5.74) is 0. The van der Waals surface area contributed by atoms with Crippen LogP contribution in [0.5, 0.6) is 0 Å². The van der Waals surface area contributed by atoms with Gasteiger partial charge >= 0.3 is 5.97 Å². The van der Waals surface area contributed by atoms with Gasteiger partial charge in [-0.1, -0.05) is 52.9 Å². The van der Waals surface area contributed by atoms with Crippen molar-refractivity contribution in [3.05, 3.63) is 0 Å². The molecule has 1 atom stereocenters. The van der Waals surface area contributed by atoms with Crippen molar-refractivity contribution in [1.82, 2.24) is 9.80 Å². The summed E-state index contributed by atoms with van der Waals surface area (Å²) in [4.78, 5) is 28.9. The zero-order chi connectivity index (χ0) is 19.4. The Hall–Kier alpha value is -1.10. The summed E-state index contributed by atoms with van der Waals surface area (Å²) in [6.45, 7) is 10.4. The highest BCUT2D eigenvalue weighted by Gasteiger charge is 2.22. The Morgan fingerprint density at radius 2 is 1.73 bits per heavy atom. The average molecular weight is 369 g/mol. The van der Waals surface area contributed by atoms with E-state index in [4.69, 9.17) is 4.74 Å². The van der Waals surface area contributed by atoms with Crippen LogP contribution in [-0.4, -0.2) is 61.5 Å². The second-order valence-electron chi connectivity index (χ2n) is 7.69. The van der Waals surface area contributed by atoms with E-state index in [-0.39, 0.29) is 17.8 Å². The third-order valence-electron chi connectivity index (χ3n) is 5.74. The molecule has 0 heterocycles. The van der Waals surface area contributed by atoms with Gasteiger partial charge in [0.15, 0.2) is 0 Å². The van der Waals surface area contributed by atoms with Crippen LogP contribution in [0.4, 0.5) is 0 Å². The third kappa shape index (κ3) is 8.52. The Balaban J connectivity index is 2.53. The largest absolute Gasteiger partial charge is 0.469 e. The highest BCUT2D eigenvalue weighted by Crippen LogP contribution is 2.27. The molecule has 0 aromatic rings. The number of carbonyl (C=O) groups excluding carboxylic acids is 2. The quantitative estimate of drug-likeness (QED) is 0.493. The maximum atomic E-state index is 12.8. The Morgan fingerprint density at radius 1 is 1.08 bits per heavy atom. The molecule has 0 bridgehead atoms.